The second kappa shape index (κ2) is 4.83. The molecule has 0 aliphatic rings. The van der Waals surface area contributed by atoms with Gasteiger partial charge >= 0.3 is 6.18 Å². The van der Waals surface area contributed by atoms with Crippen LogP contribution in [0.4, 0.5) is 13.2 Å². The smallest absolute Gasteiger partial charge is 0.294 e. The topological polar surface area (TPSA) is 47.8 Å². The van der Waals surface area contributed by atoms with Crippen molar-refractivity contribution in [2.75, 3.05) is 0 Å². The SMILES string of the molecule is Cn1ncnc1CC(=O)c1ccc(C(F)(F)F)cc1. The highest BCUT2D eigenvalue weighted by molar-refractivity contribution is 5.97. The summed E-state index contributed by atoms with van der Waals surface area (Å²) in [7, 11) is 1.64. The molecule has 0 fully saturated rings. The Morgan fingerprint density at radius 2 is 1.89 bits per heavy atom. The van der Waals surface area contributed by atoms with Crippen molar-refractivity contribution >= 4 is 5.78 Å². The number of carbonyl (C=O) groups is 1. The summed E-state index contributed by atoms with van der Waals surface area (Å²) in [6, 6.07) is 4.12. The Labute approximate surface area is 106 Å². The van der Waals surface area contributed by atoms with Crippen LogP contribution in [0.25, 0.3) is 0 Å². The van der Waals surface area contributed by atoms with Crippen molar-refractivity contribution in [3.05, 3.63) is 47.5 Å². The average Bonchev–Trinajstić information content (AvgIpc) is 2.74. The Morgan fingerprint density at radius 3 is 2.37 bits per heavy atom. The van der Waals surface area contributed by atoms with Gasteiger partial charge in [0.05, 0.1) is 12.0 Å². The lowest BCUT2D eigenvalue weighted by Crippen LogP contribution is -2.10. The van der Waals surface area contributed by atoms with Crippen LogP contribution in [0.1, 0.15) is 21.7 Å². The summed E-state index contributed by atoms with van der Waals surface area (Å²) in [4.78, 5) is 15.8. The maximum atomic E-state index is 12.4. The fourth-order valence-electron chi connectivity index (χ4n) is 1.57. The van der Waals surface area contributed by atoms with Gasteiger partial charge in [0.2, 0.25) is 0 Å². The van der Waals surface area contributed by atoms with E-state index >= 15 is 0 Å². The lowest BCUT2D eigenvalue weighted by molar-refractivity contribution is -0.137. The molecule has 1 heterocycles. The molecular formula is C12H10F3N3O. The minimum Gasteiger partial charge on any atom is -0.294 e. The van der Waals surface area contributed by atoms with Crippen LogP contribution in [0, 0.1) is 0 Å². The molecule has 0 unspecified atom stereocenters. The molecule has 100 valence electrons. The summed E-state index contributed by atoms with van der Waals surface area (Å²) in [5, 5.41) is 3.81. The first-order valence-corrected chi connectivity index (χ1v) is 5.41. The van der Waals surface area contributed by atoms with E-state index < -0.39 is 11.7 Å². The highest BCUT2D eigenvalue weighted by Crippen LogP contribution is 2.29. The number of Topliss-reactive ketones (excluding diaryl/α,β-unsaturated/α-hetero) is 1. The zero-order chi connectivity index (χ0) is 14.0. The number of rotatable bonds is 3. The highest BCUT2D eigenvalue weighted by Gasteiger charge is 2.30. The minimum atomic E-state index is -4.40. The van der Waals surface area contributed by atoms with Crippen LogP contribution in [0.15, 0.2) is 30.6 Å². The van der Waals surface area contributed by atoms with Gasteiger partial charge in [-0.15, -0.1) is 0 Å². The number of hydrogen-bond donors (Lipinski definition) is 0. The number of halogens is 3. The van der Waals surface area contributed by atoms with Crippen LogP contribution in [-0.4, -0.2) is 20.5 Å². The quantitative estimate of drug-likeness (QED) is 0.803. The average molecular weight is 269 g/mol. The van der Waals surface area contributed by atoms with E-state index in [-0.39, 0.29) is 17.8 Å². The normalized spacial score (nSPS) is 11.6. The Bertz CT molecular complexity index is 587. The fraction of sp³-hybridized carbons (Fsp3) is 0.250. The summed E-state index contributed by atoms with van der Waals surface area (Å²) in [5.74, 6) is 0.162. The third kappa shape index (κ3) is 2.98. The minimum absolute atomic E-state index is 0.00185. The van der Waals surface area contributed by atoms with Crippen LogP contribution >= 0.6 is 0 Å². The zero-order valence-electron chi connectivity index (χ0n) is 9.98. The molecule has 0 amide bonds. The Morgan fingerprint density at radius 1 is 1.26 bits per heavy atom. The Hall–Kier alpha value is -2.18. The molecule has 0 N–H and O–H groups in total. The number of hydrogen-bond acceptors (Lipinski definition) is 3. The largest absolute Gasteiger partial charge is 0.416 e. The Kier molecular flexibility index (Phi) is 3.37. The third-order valence-corrected chi connectivity index (χ3v) is 2.66. The second-order valence-corrected chi connectivity index (χ2v) is 3.97. The molecule has 1 aromatic heterocycles. The lowest BCUT2D eigenvalue weighted by Gasteiger charge is -2.07. The summed E-state index contributed by atoms with van der Waals surface area (Å²) < 4.78 is 38.6. The number of aryl methyl sites for hydroxylation is 1. The van der Waals surface area contributed by atoms with Gasteiger partial charge < -0.3 is 0 Å². The summed E-state index contributed by atoms with van der Waals surface area (Å²) >= 11 is 0. The molecule has 0 aliphatic heterocycles. The molecule has 4 nitrogen and oxygen atoms in total. The number of benzene rings is 1. The molecule has 7 heteroatoms. The van der Waals surface area contributed by atoms with E-state index in [9.17, 15) is 18.0 Å². The zero-order valence-corrected chi connectivity index (χ0v) is 9.98. The van der Waals surface area contributed by atoms with Gasteiger partial charge in [-0.1, -0.05) is 12.1 Å². The molecule has 0 saturated carbocycles. The maximum Gasteiger partial charge on any atom is 0.416 e. The van der Waals surface area contributed by atoms with Gasteiger partial charge in [0.15, 0.2) is 5.78 Å². The van der Waals surface area contributed by atoms with E-state index in [0.29, 0.717) is 5.82 Å². The second-order valence-electron chi connectivity index (χ2n) is 3.97. The van der Waals surface area contributed by atoms with Gasteiger partial charge in [-0.25, -0.2) is 4.98 Å². The molecule has 0 bridgehead atoms. The van der Waals surface area contributed by atoms with Crippen LogP contribution < -0.4 is 0 Å². The van der Waals surface area contributed by atoms with Crippen molar-refractivity contribution in [1.82, 2.24) is 14.8 Å². The van der Waals surface area contributed by atoms with Crippen molar-refractivity contribution in [3.63, 3.8) is 0 Å². The molecule has 0 saturated heterocycles. The first kappa shape index (κ1) is 13.3. The molecular weight excluding hydrogens is 259 g/mol. The van der Waals surface area contributed by atoms with Crippen molar-refractivity contribution < 1.29 is 18.0 Å². The van der Waals surface area contributed by atoms with Gasteiger partial charge in [0.25, 0.3) is 0 Å². The summed E-state index contributed by atoms with van der Waals surface area (Å²) in [5.41, 5.74) is -0.557. The number of alkyl halides is 3. The first-order chi connectivity index (χ1) is 8.88. The molecule has 19 heavy (non-hydrogen) atoms. The van der Waals surface area contributed by atoms with E-state index in [1.165, 1.54) is 23.1 Å². The van der Waals surface area contributed by atoms with E-state index in [4.69, 9.17) is 0 Å². The van der Waals surface area contributed by atoms with Crippen LogP contribution in [-0.2, 0) is 19.6 Å². The molecule has 0 radical (unpaired) electrons. The van der Waals surface area contributed by atoms with E-state index in [2.05, 4.69) is 10.1 Å². The molecule has 0 aliphatic carbocycles. The predicted octanol–water partition coefficient (Wildman–Crippen LogP) is 2.26. The maximum absolute atomic E-state index is 12.4. The lowest BCUT2D eigenvalue weighted by atomic mass is 10.1. The molecule has 0 spiro atoms. The van der Waals surface area contributed by atoms with E-state index in [0.717, 1.165) is 12.1 Å². The third-order valence-electron chi connectivity index (χ3n) is 2.66. The number of nitrogens with zero attached hydrogens (tertiary/aromatic N) is 3. The van der Waals surface area contributed by atoms with E-state index in [1.807, 2.05) is 0 Å². The van der Waals surface area contributed by atoms with Crippen LogP contribution in [0.3, 0.4) is 0 Å². The number of ketones is 1. The first-order valence-electron chi connectivity index (χ1n) is 5.41. The standard InChI is InChI=1S/C12H10F3N3O/c1-18-11(16-7-17-18)6-10(19)8-2-4-9(5-3-8)12(13,14)15/h2-5,7H,6H2,1H3. The number of carbonyl (C=O) groups excluding carboxylic acids is 1. The summed E-state index contributed by atoms with van der Waals surface area (Å²) in [6.45, 7) is 0. The molecule has 2 rings (SSSR count). The fourth-order valence-corrected chi connectivity index (χ4v) is 1.57. The van der Waals surface area contributed by atoms with Gasteiger partial charge in [-0.2, -0.15) is 18.3 Å². The van der Waals surface area contributed by atoms with Gasteiger partial charge in [0.1, 0.15) is 12.2 Å². The van der Waals surface area contributed by atoms with Crippen LogP contribution in [0.2, 0.25) is 0 Å². The summed E-state index contributed by atoms with van der Waals surface area (Å²) in [6.07, 6.45) is -3.08. The van der Waals surface area contributed by atoms with Gasteiger partial charge in [0, 0.05) is 12.6 Å². The Balaban J connectivity index is 2.14. The van der Waals surface area contributed by atoms with Gasteiger partial charge in [-0.3, -0.25) is 9.48 Å². The van der Waals surface area contributed by atoms with Crippen molar-refractivity contribution in [2.24, 2.45) is 7.05 Å². The molecule has 0 atom stereocenters. The van der Waals surface area contributed by atoms with E-state index in [1.54, 1.807) is 7.05 Å². The van der Waals surface area contributed by atoms with Crippen molar-refractivity contribution in [1.29, 1.82) is 0 Å². The molecule has 2 aromatic rings. The monoisotopic (exact) mass is 269 g/mol. The van der Waals surface area contributed by atoms with Crippen LogP contribution in [0.5, 0.6) is 0 Å². The highest BCUT2D eigenvalue weighted by atomic mass is 19.4. The van der Waals surface area contributed by atoms with Crippen molar-refractivity contribution in [3.8, 4) is 0 Å². The molecule has 1 aromatic carbocycles. The van der Waals surface area contributed by atoms with Gasteiger partial charge in [-0.05, 0) is 12.1 Å². The van der Waals surface area contributed by atoms with Crippen molar-refractivity contribution in [2.45, 2.75) is 12.6 Å². The predicted molar refractivity (Wildman–Crippen MR) is 60.5 cm³/mol. The number of aromatic nitrogens is 3.